The third kappa shape index (κ3) is 10.7. The van der Waals surface area contributed by atoms with E-state index in [2.05, 4.69) is 0 Å². The van der Waals surface area contributed by atoms with Gasteiger partial charge in [-0.25, -0.2) is 17.9 Å². The number of hydrogen-bond acceptors (Lipinski definition) is 4. The first-order valence-electron chi connectivity index (χ1n) is 5.49. The molecule has 2 amide bonds. The second-order valence-electron chi connectivity index (χ2n) is 4.88. The molecule has 6 nitrogen and oxygen atoms in total. The molecule has 1 heterocycles. The van der Waals surface area contributed by atoms with Crippen LogP contribution in [-0.2, 0) is 83.1 Å². The van der Waals surface area contributed by atoms with Crippen molar-refractivity contribution >= 4 is 12.0 Å². The van der Waals surface area contributed by atoms with Crippen molar-refractivity contribution in [1.29, 1.82) is 0 Å². The van der Waals surface area contributed by atoms with Crippen molar-refractivity contribution < 1.29 is 87.9 Å². The van der Waals surface area contributed by atoms with Crippen molar-refractivity contribution in [3.63, 3.8) is 0 Å². The van der Waals surface area contributed by atoms with Crippen LogP contribution in [0.4, 0.5) is 4.79 Å². The first-order chi connectivity index (χ1) is 7.78. The molecule has 20 heavy (non-hydrogen) atoms. The number of primary amides is 1. The summed E-state index contributed by atoms with van der Waals surface area (Å²) < 4.78 is 5.23. The molecule has 1 fully saturated rings. The molecule has 2 N–H and O–H groups in total. The molecule has 115 valence electrons. The number of nitrogens with two attached hydrogens (primary N) is 1. The van der Waals surface area contributed by atoms with Gasteiger partial charge in [0, 0.05) is 80.1 Å². The molecule has 1 rings (SSSR count). The summed E-state index contributed by atoms with van der Waals surface area (Å²) in [5, 5.41) is 0. The predicted octanol–water partition coefficient (Wildman–Crippen LogP) is 0.340. The summed E-state index contributed by atoms with van der Waals surface area (Å²) in [6.07, 6.45) is -0.365. The molecule has 1 aliphatic rings. The zero-order valence-corrected chi connectivity index (χ0v) is 20.1. The van der Waals surface area contributed by atoms with Crippen molar-refractivity contribution in [2.24, 2.45) is 5.73 Å². The molecule has 0 aromatic carbocycles. The molecule has 3 radical (unpaired) electrons. The second-order valence-corrected chi connectivity index (χ2v) is 4.88. The van der Waals surface area contributed by atoms with Gasteiger partial charge in [-0.3, -0.25) is 0 Å². The van der Waals surface area contributed by atoms with Crippen LogP contribution < -0.4 is 5.73 Å². The van der Waals surface area contributed by atoms with Gasteiger partial charge in [0.15, 0.2) is 0 Å². The SMILES string of the molecule is CC(C)(C)OC(=O)N1[CH-]CN([CH-]C(N)=O)CC1.[Re].[Re].[Y]. The molecule has 1 saturated heterocycles. The molecular formula is C11H19N3O3Re2Y-2. The van der Waals surface area contributed by atoms with E-state index < -0.39 is 11.5 Å². The van der Waals surface area contributed by atoms with E-state index in [-0.39, 0.29) is 79.6 Å². The standard InChI is InChI=1S/C11H19N3O3.2Re.Y/c1-11(2,3)17-10(16)14-6-4-13(5-7-14)8-9(12)15;;;/h6,8H,4-5,7H2,1-3H3,(H2,12,15);;;/q-2;;;. The molecular weight excluding hydrogens is 683 g/mol. The van der Waals surface area contributed by atoms with Crippen LogP contribution in [0.3, 0.4) is 0 Å². The van der Waals surface area contributed by atoms with E-state index >= 15 is 0 Å². The van der Waals surface area contributed by atoms with Gasteiger partial charge in [-0.1, -0.05) is 0 Å². The Labute approximate surface area is 173 Å². The van der Waals surface area contributed by atoms with Crippen LogP contribution >= 0.6 is 0 Å². The normalized spacial score (nSPS) is 15.1. The van der Waals surface area contributed by atoms with Crippen molar-refractivity contribution in [3.05, 3.63) is 13.1 Å². The van der Waals surface area contributed by atoms with Gasteiger partial charge >= 0.3 is 6.09 Å². The predicted molar refractivity (Wildman–Crippen MR) is 62.3 cm³/mol. The zero-order chi connectivity index (χ0) is 13.1. The number of carbonyl (C=O) groups excluding carboxylic acids is 2. The van der Waals surface area contributed by atoms with Crippen LogP contribution in [0.1, 0.15) is 20.8 Å². The first kappa shape index (κ1) is 25.9. The number of ether oxygens (including phenoxy) is 1. The van der Waals surface area contributed by atoms with Gasteiger partial charge in [-0.05, 0) is 27.3 Å². The Kier molecular flexibility index (Phi) is 15.0. The van der Waals surface area contributed by atoms with Gasteiger partial charge in [0.2, 0.25) is 0 Å². The zero-order valence-electron chi connectivity index (χ0n) is 11.8. The van der Waals surface area contributed by atoms with Gasteiger partial charge in [0.05, 0.1) is 5.91 Å². The molecule has 0 aliphatic carbocycles. The minimum absolute atomic E-state index is 0. The Morgan fingerprint density at radius 1 is 1.25 bits per heavy atom. The van der Waals surface area contributed by atoms with Crippen LogP contribution in [0.15, 0.2) is 0 Å². The topological polar surface area (TPSA) is 75.9 Å². The van der Waals surface area contributed by atoms with Gasteiger partial charge in [-0.2, -0.15) is 0 Å². The summed E-state index contributed by atoms with van der Waals surface area (Å²) >= 11 is 0. The second kappa shape index (κ2) is 11.6. The van der Waals surface area contributed by atoms with Gasteiger partial charge < -0.3 is 25.1 Å². The molecule has 0 spiro atoms. The van der Waals surface area contributed by atoms with E-state index in [0.717, 1.165) is 0 Å². The van der Waals surface area contributed by atoms with E-state index in [0.29, 0.717) is 19.6 Å². The smallest absolute Gasteiger partial charge is 0.380 e. The van der Waals surface area contributed by atoms with Crippen LogP contribution in [0.5, 0.6) is 0 Å². The van der Waals surface area contributed by atoms with Crippen molar-refractivity contribution in [2.75, 3.05) is 19.6 Å². The molecule has 0 aromatic heterocycles. The maximum absolute atomic E-state index is 11.7. The van der Waals surface area contributed by atoms with E-state index in [1.807, 2.05) is 20.8 Å². The average molecular weight is 703 g/mol. The van der Waals surface area contributed by atoms with E-state index in [4.69, 9.17) is 10.5 Å². The van der Waals surface area contributed by atoms with Crippen LogP contribution in [0.25, 0.3) is 0 Å². The first-order valence-corrected chi connectivity index (χ1v) is 5.49. The summed E-state index contributed by atoms with van der Waals surface area (Å²) in [6, 6.07) is 0. The number of nitrogens with zero attached hydrogens (tertiary/aromatic N) is 2. The minimum atomic E-state index is -0.499. The molecule has 9 heteroatoms. The van der Waals surface area contributed by atoms with E-state index in [1.165, 1.54) is 11.4 Å². The molecule has 0 atom stereocenters. The van der Waals surface area contributed by atoms with E-state index in [1.54, 1.807) is 11.4 Å². The Morgan fingerprint density at radius 3 is 2.15 bits per heavy atom. The fourth-order valence-corrected chi connectivity index (χ4v) is 1.41. The number of piperazine rings is 1. The quantitative estimate of drug-likeness (QED) is 0.422. The number of amides is 2. The maximum Gasteiger partial charge on any atom is 0.380 e. The van der Waals surface area contributed by atoms with Gasteiger partial charge in [-0.15, -0.1) is 6.54 Å². The molecule has 0 aromatic rings. The fourth-order valence-electron chi connectivity index (χ4n) is 1.41. The Morgan fingerprint density at radius 2 is 1.80 bits per heavy atom. The average Bonchev–Trinajstić information content (AvgIpc) is 2.15. The van der Waals surface area contributed by atoms with Crippen molar-refractivity contribution in [3.8, 4) is 0 Å². The number of carbonyl (C=O) groups is 2. The van der Waals surface area contributed by atoms with Gasteiger partial charge in [0.1, 0.15) is 5.60 Å². The molecule has 1 aliphatic heterocycles. The van der Waals surface area contributed by atoms with Crippen molar-refractivity contribution in [2.45, 2.75) is 26.4 Å². The monoisotopic (exact) mass is 704 g/mol. The third-order valence-corrected chi connectivity index (χ3v) is 2.10. The molecule has 0 saturated carbocycles. The maximum atomic E-state index is 11.7. The molecule has 0 bridgehead atoms. The van der Waals surface area contributed by atoms with Crippen LogP contribution in [0.2, 0.25) is 0 Å². The van der Waals surface area contributed by atoms with Crippen LogP contribution in [-0.4, -0.2) is 47.0 Å². The number of hydrogen-bond donors (Lipinski definition) is 1. The fraction of sp³-hybridized carbons (Fsp3) is 0.636. The summed E-state index contributed by atoms with van der Waals surface area (Å²) in [6.45, 7) is 10.0. The summed E-state index contributed by atoms with van der Waals surface area (Å²) in [5.74, 6) is -0.482. The summed E-state index contributed by atoms with van der Waals surface area (Å²) in [4.78, 5) is 25.6. The Hall–Kier alpha value is 0.999. The largest absolute Gasteiger partial charge is 0.456 e. The number of rotatable bonds is 2. The summed E-state index contributed by atoms with van der Waals surface area (Å²) in [5.41, 5.74) is 4.55. The molecule has 0 unspecified atom stereocenters. The third-order valence-electron chi connectivity index (χ3n) is 2.10. The Bertz CT molecular complexity index is 306. The summed E-state index contributed by atoms with van der Waals surface area (Å²) in [7, 11) is 0. The Balaban J connectivity index is -0.000000963. The minimum Gasteiger partial charge on any atom is -0.456 e. The van der Waals surface area contributed by atoms with Gasteiger partial charge in [0.25, 0.3) is 0 Å². The van der Waals surface area contributed by atoms with Crippen molar-refractivity contribution in [1.82, 2.24) is 9.80 Å². The van der Waals surface area contributed by atoms with E-state index in [9.17, 15) is 9.59 Å². The van der Waals surface area contributed by atoms with Crippen LogP contribution in [0, 0.1) is 13.1 Å².